The van der Waals surface area contributed by atoms with Gasteiger partial charge in [-0.15, -0.1) is 0 Å². The number of nitrogens with zero attached hydrogens (tertiary/aromatic N) is 2. The number of piperidine rings is 1. The van der Waals surface area contributed by atoms with Gasteiger partial charge in [0.25, 0.3) is 5.91 Å². The quantitative estimate of drug-likeness (QED) is 0.597. The van der Waals surface area contributed by atoms with Crippen molar-refractivity contribution in [3.63, 3.8) is 0 Å². The van der Waals surface area contributed by atoms with Crippen LogP contribution in [0, 0.1) is 6.92 Å². The van der Waals surface area contributed by atoms with E-state index >= 15 is 0 Å². The van der Waals surface area contributed by atoms with Gasteiger partial charge in [0, 0.05) is 42.5 Å². The van der Waals surface area contributed by atoms with Gasteiger partial charge in [-0.1, -0.05) is 35.9 Å². The lowest BCUT2D eigenvalue weighted by molar-refractivity contribution is 0.0958. The van der Waals surface area contributed by atoms with Crippen molar-refractivity contribution in [3.8, 4) is 11.5 Å². The minimum absolute atomic E-state index is 0.0225. The number of aryl methyl sites for hydroxylation is 1. The molecule has 0 aromatic heterocycles. The normalized spacial score (nSPS) is 14.8. The van der Waals surface area contributed by atoms with Crippen LogP contribution in [-0.4, -0.2) is 42.2 Å². The summed E-state index contributed by atoms with van der Waals surface area (Å²) in [5.41, 5.74) is 3.65. The Balaban J connectivity index is 1.53. The third-order valence-corrected chi connectivity index (χ3v) is 6.18. The van der Waals surface area contributed by atoms with E-state index in [1.54, 1.807) is 13.2 Å². The molecule has 1 fully saturated rings. The van der Waals surface area contributed by atoms with Crippen molar-refractivity contribution in [2.24, 2.45) is 0 Å². The van der Waals surface area contributed by atoms with Crippen LogP contribution in [0.3, 0.4) is 0 Å². The lowest BCUT2D eigenvalue weighted by atomic mass is 9.99. The number of benzene rings is 3. The number of ether oxygens (including phenoxy) is 1. The summed E-state index contributed by atoms with van der Waals surface area (Å²) in [6, 6.07) is 23.1. The van der Waals surface area contributed by atoms with Crippen LogP contribution in [-0.2, 0) is 6.54 Å². The standard InChI is InChI=1S/C27H30N2O3/c1-20-7-9-21(10-8-20)27(31)29(23-11-13-25(32-2)14-12-23)24-15-17-28(18-16-24)19-22-5-3-4-6-26(22)30/h3-14,24,30H,15-19H2,1-2H3. The largest absolute Gasteiger partial charge is 0.508 e. The number of amides is 1. The van der Waals surface area contributed by atoms with Gasteiger partial charge >= 0.3 is 0 Å². The molecule has 1 amide bonds. The van der Waals surface area contributed by atoms with Gasteiger partial charge in [0.1, 0.15) is 11.5 Å². The predicted octanol–water partition coefficient (Wildman–Crippen LogP) is 5.02. The number of aromatic hydroxyl groups is 1. The number of hydrogen-bond donors (Lipinski definition) is 1. The van der Waals surface area contributed by atoms with Crippen LogP contribution in [0.2, 0.25) is 0 Å². The molecule has 1 aliphatic rings. The molecule has 0 saturated carbocycles. The first-order valence-electron chi connectivity index (χ1n) is 11.1. The summed E-state index contributed by atoms with van der Waals surface area (Å²) >= 11 is 0. The number of phenols is 1. The molecular weight excluding hydrogens is 400 g/mol. The first-order chi connectivity index (χ1) is 15.5. The number of phenolic OH excluding ortho intramolecular Hbond substituents is 1. The maximum atomic E-state index is 13.6. The van der Waals surface area contributed by atoms with E-state index in [0.29, 0.717) is 17.9 Å². The number of rotatable bonds is 6. The highest BCUT2D eigenvalue weighted by Crippen LogP contribution is 2.29. The van der Waals surface area contributed by atoms with E-state index in [4.69, 9.17) is 4.74 Å². The van der Waals surface area contributed by atoms with Gasteiger partial charge in [0.05, 0.1) is 7.11 Å². The van der Waals surface area contributed by atoms with Crippen molar-refractivity contribution < 1.29 is 14.6 Å². The summed E-state index contributed by atoms with van der Waals surface area (Å²) in [6.45, 7) is 4.48. The fourth-order valence-electron chi connectivity index (χ4n) is 4.29. The monoisotopic (exact) mass is 430 g/mol. The lowest BCUT2D eigenvalue weighted by Crippen LogP contribution is -2.47. The maximum absolute atomic E-state index is 13.6. The smallest absolute Gasteiger partial charge is 0.258 e. The molecule has 1 N–H and O–H groups in total. The molecule has 1 saturated heterocycles. The Kier molecular flexibility index (Phi) is 6.76. The van der Waals surface area contributed by atoms with Crippen LogP contribution in [0.5, 0.6) is 11.5 Å². The fourth-order valence-corrected chi connectivity index (χ4v) is 4.29. The van der Waals surface area contributed by atoms with Gasteiger partial charge < -0.3 is 14.7 Å². The second-order valence-electron chi connectivity index (χ2n) is 8.38. The van der Waals surface area contributed by atoms with Crippen LogP contribution in [0.25, 0.3) is 0 Å². The number of anilines is 1. The Hall–Kier alpha value is -3.31. The van der Waals surface area contributed by atoms with Crippen molar-refractivity contribution in [3.05, 3.63) is 89.5 Å². The van der Waals surface area contributed by atoms with Gasteiger partial charge in [-0.3, -0.25) is 9.69 Å². The second kappa shape index (κ2) is 9.88. The zero-order valence-electron chi connectivity index (χ0n) is 18.7. The van der Waals surface area contributed by atoms with Crippen LogP contribution < -0.4 is 9.64 Å². The molecule has 0 bridgehead atoms. The number of carbonyl (C=O) groups is 1. The van der Waals surface area contributed by atoms with Gasteiger partial charge in [0.15, 0.2) is 0 Å². The van der Waals surface area contributed by atoms with E-state index in [1.807, 2.05) is 78.6 Å². The summed E-state index contributed by atoms with van der Waals surface area (Å²) in [6.07, 6.45) is 1.74. The summed E-state index contributed by atoms with van der Waals surface area (Å²) in [4.78, 5) is 17.9. The Bertz CT molecular complexity index is 1040. The molecule has 1 heterocycles. The van der Waals surface area contributed by atoms with Crippen molar-refractivity contribution in [1.29, 1.82) is 0 Å². The molecule has 0 radical (unpaired) electrons. The Morgan fingerprint density at radius 2 is 1.66 bits per heavy atom. The van der Waals surface area contributed by atoms with Crippen LogP contribution in [0.4, 0.5) is 5.69 Å². The molecule has 0 unspecified atom stereocenters. The Morgan fingerprint density at radius 1 is 1.00 bits per heavy atom. The predicted molar refractivity (Wildman–Crippen MR) is 127 cm³/mol. The molecule has 0 atom stereocenters. The molecule has 4 rings (SSSR count). The molecule has 0 spiro atoms. The zero-order valence-corrected chi connectivity index (χ0v) is 18.7. The summed E-state index contributed by atoms with van der Waals surface area (Å²) in [5.74, 6) is 1.13. The van der Waals surface area contributed by atoms with Gasteiger partial charge in [-0.05, 0) is 62.2 Å². The fraction of sp³-hybridized carbons (Fsp3) is 0.296. The number of likely N-dealkylation sites (tertiary alicyclic amines) is 1. The van der Waals surface area contributed by atoms with E-state index in [0.717, 1.165) is 48.5 Å². The first-order valence-corrected chi connectivity index (χ1v) is 11.1. The van der Waals surface area contributed by atoms with E-state index < -0.39 is 0 Å². The average molecular weight is 431 g/mol. The summed E-state index contributed by atoms with van der Waals surface area (Å²) in [7, 11) is 1.64. The molecule has 3 aromatic carbocycles. The van der Waals surface area contributed by atoms with Crippen molar-refractivity contribution in [2.45, 2.75) is 32.4 Å². The van der Waals surface area contributed by atoms with Crippen LogP contribution in [0.1, 0.15) is 34.3 Å². The molecular formula is C27H30N2O3. The van der Waals surface area contributed by atoms with E-state index in [-0.39, 0.29) is 11.9 Å². The molecule has 0 aliphatic carbocycles. The maximum Gasteiger partial charge on any atom is 0.258 e. The minimum Gasteiger partial charge on any atom is -0.508 e. The molecule has 1 aliphatic heterocycles. The Labute approximate surface area is 189 Å². The number of methoxy groups -OCH3 is 1. The topological polar surface area (TPSA) is 53.0 Å². The number of hydrogen-bond acceptors (Lipinski definition) is 4. The molecule has 166 valence electrons. The third kappa shape index (κ3) is 4.94. The van der Waals surface area contributed by atoms with E-state index in [2.05, 4.69) is 4.90 Å². The van der Waals surface area contributed by atoms with Crippen molar-refractivity contribution in [1.82, 2.24) is 4.90 Å². The highest BCUT2D eigenvalue weighted by atomic mass is 16.5. The minimum atomic E-state index is 0.0225. The molecule has 5 nitrogen and oxygen atoms in total. The summed E-state index contributed by atoms with van der Waals surface area (Å²) < 4.78 is 5.30. The van der Waals surface area contributed by atoms with Gasteiger partial charge in [-0.2, -0.15) is 0 Å². The number of carbonyl (C=O) groups excluding carboxylic acids is 1. The molecule has 3 aromatic rings. The first kappa shape index (κ1) is 21.9. The van der Waals surface area contributed by atoms with Crippen molar-refractivity contribution in [2.75, 3.05) is 25.1 Å². The highest BCUT2D eigenvalue weighted by Gasteiger charge is 2.30. The van der Waals surface area contributed by atoms with Crippen LogP contribution in [0.15, 0.2) is 72.8 Å². The second-order valence-corrected chi connectivity index (χ2v) is 8.38. The van der Waals surface area contributed by atoms with Gasteiger partial charge in [0.2, 0.25) is 0 Å². The lowest BCUT2D eigenvalue weighted by Gasteiger charge is -2.38. The van der Waals surface area contributed by atoms with E-state index in [1.165, 1.54) is 0 Å². The molecule has 5 heteroatoms. The SMILES string of the molecule is COc1ccc(N(C(=O)c2ccc(C)cc2)C2CCN(Cc3ccccc3O)CC2)cc1. The van der Waals surface area contributed by atoms with E-state index in [9.17, 15) is 9.90 Å². The molecule has 32 heavy (non-hydrogen) atoms. The number of para-hydroxylation sites is 1. The third-order valence-electron chi connectivity index (χ3n) is 6.18. The van der Waals surface area contributed by atoms with Gasteiger partial charge in [-0.25, -0.2) is 0 Å². The summed E-state index contributed by atoms with van der Waals surface area (Å²) in [5, 5.41) is 10.1. The Morgan fingerprint density at radius 3 is 2.28 bits per heavy atom. The van der Waals surface area contributed by atoms with Crippen molar-refractivity contribution >= 4 is 11.6 Å². The zero-order chi connectivity index (χ0) is 22.5. The van der Waals surface area contributed by atoms with Crippen LogP contribution >= 0.6 is 0 Å². The highest BCUT2D eigenvalue weighted by molar-refractivity contribution is 6.06. The average Bonchev–Trinajstić information content (AvgIpc) is 2.82.